The summed E-state index contributed by atoms with van der Waals surface area (Å²) in [4.78, 5) is 24.0. The normalized spacial score (nSPS) is 17.3. The number of ether oxygens (including phenoxy) is 2. The lowest BCUT2D eigenvalue weighted by Crippen LogP contribution is -2.40. The minimum absolute atomic E-state index is 0.0186. The zero-order chi connectivity index (χ0) is 29.9. The van der Waals surface area contributed by atoms with E-state index in [0.29, 0.717) is 28.8 Å². The molecule has 0 aromatic heterocycles. The number of benzene rings is 3. The summed E-state index contributed by atoms with van der Waals surface area (Å²) >= 11 is 3.99. The van der Waals surface area contributed by atoms with E-state index in [1.54, 1.807) is 24.3 Å². The van der Waals surface area contributed by atoms with Gasteiger partial charge in [-0.1, -0.05) is 28.1 Å². The molecule has 5 rings (SSSR count). The Labute approximate surface area is 255 Å². The third-order valence-electron chi connectivity index (χ3n) is 6.15. The van der Waals surface area contributed by atoms with Crippen molar-refractivity contribution in [2.24, 2.45) is 0 Å². The van der Waals surface area contributed by atoms with Gasteiger partial charge in [-0.25, -0.2) is 8.42 Å². The molecule has 0 atom stereocenters. The van der Waals surface area contributed by atoms with Gasteiger partial charge in [0.2, 0.25) is 10.0 Å². The Morgan fingerprint density at radius 2 is 1.60 bits per heavy atom. The van der Waals surface area contributed by atoms with Crippen LogP contribution in [0.15, 0.2) is 85.9 Å². The maximum absolute atomic E-state index is 12.9. The van der Waals surface area contributed by atoms with Crippen molar-refractivity contribution in [2.45, 2.75) is 16.4 Å². The van der Waals surface area contributed by atoms with Crippen molar-refractivity contribution >= 4 is 65.1 Å². The number of halogens is 1. The fourth-order valence-electron chi connectivity index (χ4n) is 4.00. The Bertz CT molecular complexity index is 1750. The quantitative estimate of drug-likeness (QED) is 0.256. The van der Waals surface area contributed by atoms with Gasteiger partial charge in [0.1, 0.15) is 23.0 Å². The number of thioether (sulfide) groups is 1. The largest absolute Gasteiger partial charge is 0.488 e. The Hall–Kier alpha value is -3.21. The molecular formula is C27H23BrN2O9S3. The minimum Gasteiger partial charge on any atom is -0.488 e. The summed E-state index contributed by atoms with van der Waals surface area (Å²) in [5.74, 6) is -0.434. The first kappa shape index (κ1) is 30.3. The van der Waals surface area contributed by atoms with Crippen LogP contribution in [-0.4, -0.2) is 58.6 Å². The Morgan fingerprint density at radius 3 is 2.24 bits per heavy atom. The number of nitrogens with one attached hydrogen (secondary N) is 1. The van der Waals surface area contributed by atoms with Crippen LogP contribution in [0.4, 0.5) is 4.79 Å². The van der Waals surface area contributed by atoms with Crippen LogP contribution in [0.3, 0.4) is 0 Å². The maximum atomic E-state index is 12.9. The second-order valence-electron chi connectivity index (χ2n) is 8.99. The molecule has 0 spiro atoms. The second-order valence-corrected chi connectivity index (χ2v) is 14.4. The number of hydrogen-bond acceptors (Lipinski definition) is 10. The van der Waals surface area contributed by atoms with Crippen LogP contribution >= 0.6 is 27.7 Å². The highest BCUT2D eigenvalue weighted by molar-refractivity contribution is 9.10. The molecule has 15 heteroatoms. The zero-order valence-corrected chi connectivity index (χ0v) is 25.7. The summed E-state index contributed by atoms with van der Waals surface area (Å²) in [6, 6.07) is 16.4. The lowest BCUT2D eigenvalue weighted by molar-refractivity contribution is -0.115. The fourth-order valence-corrected chi connectivity index (χ4v) is 7.27. The molecule has 220 valence electrons. The summed E-state index contributed by atoms with van der Waals surface area (Å²) in [6.07, 6.45) is 1.45. The average molecular weight is 696 g/mol. The predicted molar refractivity (Wildman–Crippen MR) is 158 cm³/mol. The van der Waals surface area contributed by atoms with Crippen LogP contribution < -0.4 is 14.2 Å². The Morgan fingerprint density at radius 1 is 0.929 bits per heavy atom. The van der Waals surface area contributed by atoms with Crippen molar-refractivity contribution in [3.8, 4) is 11.5 Å². The van der Waals surface area contributed by atoms with Gasteiger partial charge in [0.25, 0.3) is 11.1 Å². The molecule has 2 amide bonds. The molecular weight excluding hydrogens is 672 g/mol. The summed E-state index contributed by atoms with van der Waals surface area (Å²) in [5, 5.41) is 1.67. The molecule has 2 saturated heterocycles. The van der Waals surface area contributed by atoms with Gasteiger partial charge >= 0.3 is 10.1 Å². The van der Waals surface area contributed by atoms with E-state index in [9.17, 15) is 26.4 Å². The molecule has 0 saturated carbocycles. The Balaban J connectivity index is 1.38. The number of morpholine rings is 1. The highest BCUT2D eigenvalue weighted by Gasteiger charge is 2.27. The molecule has 2 aliphatic rings. The topological polar surface area (TPSA) is 145 Å². The number of sulfonamides is 1. The molecule has 42 heavy (non-hydrogen) atoms. The van der Waals surface area contributed by atoms with Crippen LogP contribution in [0.5, 0.6) is 11.5 Å². The SMILES string of the molecule is O=C1NC(=O)/C(=C/c2ccc(OS(=O)(=O)c3ccc(Br)cc3)cc2OCc2ccc(S(=O)(=O)N3CCOCC3)cc2)S1. The molecule has 0 unspecified atom stereocenters. The molecule has 0 radical (unpaired) electrons. The first-order chi connectivity index (χ1) is 20.0. The lowest BCUT2D eigenvalue weighted by Gasteiger charge is -2.26. The number of hydrogen-bond donors (Lipinski definition) is 1. The van der Waals surface area contributed by atoms with Gasteiger partial charge in [-0.3, -0.25) is 14.9 Å². The highest BCUT2D eigenvalue weighted by Crippen LogP contribution is 2.33. The van der Waals surface area contributed by atoms with Crippen molar-refractivity contribution in [3.05, 3.63) is 87.2 Å². The number of carbonyl (C=O) groups excluding carboxylic acids is 2. The van der Waals surface area contributed by atoms with E-state index in [1.165, 1.54) is 52.8 Å². The third-order valence-corrected chi connectivity index (χ3v) is 10.7. The minimum atomic E-state index is -4.17. The van der Waals surface area contributed by atoms with Crippen molar-refractivity contribution in [1.82, 2.24) is 9.62 Å². The van der Waals surface area contributed by atoms with E-state index < -0.39 is 31.3 Å². The summed E-state index contributed by atoms with van der Waals surface area (Å²) < 4.78 is 70.1. The molecule has 2 fully saturated rings. The van der Waals surface area contributed by atoms with E-state index in [0.717, 1.165) is 11.8 Å². The first-order valence-electron chi connectivity index (χ1n) is 12.4. The molecule has 2 aliphatic heterocycles. The first-order valence-corrected chi connectivity index (χ1v) is 16.9. The molecule has 1 N–H and O–H groups in total. The monoisotopic (exact) mass is 694 g/mol. The predicted octanol–water partition coefficient (Wildman–Crippen LogP) is 4.14. The van der Waals surface area contributed by atoms with E-state index >= 15 is 0 Å². The van der Waals surface area contributed by atoms with Gasteiger partial charge < -0.3 is 13.7 Å². The summed E-state index contributed by atoms with van der Waals surface area (Å²) in [5.41, 5.74) is 1.02. The van der Waals surface area contributed by atoms with Crippen LogP contribution in [0.25, 0.3) is 6.08 Å². The third kappa shape index (κ3) is 7.04. The molecule has 11 nitrogen and oxygen atoms in total. The lowest BCUT2D eigenvalue weighted by atomic mass is 10.1. The summed E-state index contributed by atoms with van der Waals surface area (Å²) in [6.45, 7) is 1.22. The number of imide groups is 1. The smallest absolute Gasteiger partial charge is 0.339 e. The van der Waals surface area contributed by atoms with Crippen LogP contribution in [-0.2, 0) is 36.3 Å². The average Bonchev–Trinajstić information content (AvgIpc) is 3.29. The number of rotatable bonds is 9. The summed E-state index contributed by atoms with van der Waals surface area (Å²) in [7, 11) is -7.83. The van der Waals surface area contributed by atoms with E-state index in [-0.39, 0.29) is 45.9 Å². The molecule has 3 aromatic rings. The van der Waals surface area contributed by atoms with Crippen molar-refractivity contribution in [3.63, 3.8) is 0 Å². The van der Waals surface area contributed by atoms with Crippen LogP contribution in [0.1, 0.15) is 11.1 Å². The Kier molecular flexibility index (Phi) is 9.05. The van der Waals surface area contributed by atoms with E-state index in [1.807, 2.05) is 0 Å². The van der Waals surface area contributed by atoms with E-state index in [2.05, 4.69) is 21.2 Å². The van der Waals surface area contributed by atoms with Crippen LogP contribution in [0.2, 0.25) is 0 Å². The second kappa shape index (κ2) is 12.6. The van der Waals surface area contributed by atoms with Gasteiger partial charge in [-0.15, -0.1) is 0 Å². The van der Waals surface area contributed by atoms with Gasteiger partial charge in [0.05, 0.1) is 23.0 Å². The number of amides is 2. The van der Waals surface area contributed by atoms with E-state index in [4.69, 9.17) is 13.7 Å². The van der Waals surface area contributed by atoms with Gasteiger partial charge in [-0.05, 0) is 71.9 Å². The molecule has 2 heterocycles. The van der Waals surface area contributed by atoms with Crippen molar-refractivity contribution < 1.29 is 40.1 Å². The number of carbonyl (C=O) groups is 2. The molecule has 3 aromatic carbocycles. The standard InChI is InChI=1S/C27H23BrN2O9S3/c28-20-4-9-23(10-5-20)42(35,36)39-21-6-3-19(15-25-26(31)29-27(32)40-25)24(16-21)38-17-18-1-7-22(8-2-18)41(33,34)30-11-13-37-14-12-30/h1-10,15-16H,11-14,17H2,(H,29,31,32)/b25-15-. The highest BCUT2D eigenvalue weighted by atomic mass is 79.9. The molecule has 0 aliphatic carbocycles. The van der Waals surface area contributed by atoms with Crippen LogP contribution in [0, 0.1) is 0 Å². The van der Waals surface area contributed by atoms with Gasteiger partial charge in [-0.2, -0.15) is 12.7 Å². The van der Waals surface area contributed by atoms with Crippen molar-refractivity contribution in [2.75, 3.05) is 26.3 Å². The maximum Gasteiger partial charge on any atom is 0.339 e. The van der Waals surface area contributed by atoms with Gasteiger partial charge in [0.15, 0.2) is 0 Å². The number of nitrogens with zero attached hydrogens (tertiary/aromatic N) is 1. The zero-order valence-electron chi connectivity index (χ0n) is 21.7. The molecule has 0 bridgehead atoms. The fraction of sp³-hybridized carbons (Fsp3) is 0.185. The van der Waals surface area contributed by atoms with Gasteiger partial charge in [0, 0.05) is 29.2 Å². The van der Waals surface area contributed by atoms with Crippen molar-refractivity contribution in [1.29, 1.82) is 0 Å².